The maximum atomic E-state index is 12.9. The summed E-state index contributed by atoms with van der Waals surface area (Å²) in [5, 5.41) is 8.27. The average molecular weight is 626 g/mol. The number of fused-ring (bicyclic) bond motifs is 2. The molecule has 0 saturated carbocycles. The van der Waals surface area contributed by atoms with Crippen molar-refractivity contribution in [1.29, 1.82) is 0 Å². The molecule has 0 unspecified atom stereocenters. The van der Waals surface area contributed by atoms with Gasteiger partial charge in [-0.05, 0) is 24.3 Å². The fraction of sp³-hybridized carbons (Fsp3) is 0.375. The van der Waals surface area contributed by atoms with Gasteiger partial charge in [0.2, 0.25) is 5.91 Å². The SMILES string of the molecule is Cn1ccnc1/C=C/C(=O)CCC(=O)N1CCN(Cc2cc3nc(-c4cccc5[nH]ncc45)nc(N4CCOCC4)c3s2)CC1. The number of aromatic amines is 1. The molecule has 2 aliphatic rings. The molecule has 2 fully saturated rings. The van der Waals surface area contributed by atoms with E-state index in [0.29, 0.717) is 38.0 Å². The van der Waals surface area contributed by atoms with E-state index in [-0.39, 0.29) is 24.5 Å². The number of ketones is 1. The van der Waals surface area contributed by atoms with Crippen LogP contribution in [0.4, 0.5) is 5.82 Å². The van der Waals surface area contributed by atoms with E-state index in [1.54, 1.807) is 23.6 Å². The van der Waals surface area contributed by atoms with Crippen LogP contribution in [0.15, 0.2) is 48.9 Å². The van der Waals surface area contributed by atoms with E-state index >= 15 is 0 Å². The molecule has 232 valence electrons. The molecule has 7 rings (SSSR count). The Kier molecular flexibility index (Phi) is 8.37. The van der Waals surface area contributed by atoms with E-state index in [1.807, 2.05) is 47.1 Å². The topological polar surface area (TPSA) is 125 Å². The fourth-order valence-corrected chi connectivity index (χ4v) is 7.02. The molecule has 0 radical (unpaired) electrons. The van der Waals surface area contributed by atoms with Gasteiger partial charge < -0.3 is 19.1 Å². The number of carbonyl (C=O) groups is 2. The van der Waals surface area contributed by atoms with Crippen LogP contribution in [0.5, 0.6) is 0 Å². The number of ether oxygens (including phenoxy) is 1. The lowest BCUT2D eigenvalue weighted by atomic mass is 10.1. The lowest BCUT2D eigenvalue weighted by Gasteiger charge is -2.34. The van der Waals surface area contributed by atoms with Gasteiger partial charge in [-0.15, -0.1) is 11.3 Å². The number of aryl methyl sites for hydroxylation is 1. The van der Waals surface area contributed by atoms with Crippen LogP contribution >= 0.6 is 11.3 Å². The summed E-state index contributed by atoms with van der Waals surface area (Å²) in [6, 6.07) is 8.24. The first-order valence-corrected chi connectivity index (χ1v) is 16.1. The first kappa shape index (κ1) is 29.3. The van der Waals surface area contributed by atoms with Crippen LogP contribution in [0.25, 0.3) is 38.6 Å². The van der Waals surface area contributed by atoms with Crippen molar-refractivity contribution >= 4 is 56.0 Å². The Morgan fingerprint density at radius 3 is 2.71 bits per heavy atom. The summed E-state index contributed by atoms with van der Waals surface area (Å²) in [7, 11) is 1.87. The van der Waals surface area contributed by atoms with Crippen molar-refractivity contribution in [2.75, 3.05) is 57.4 Å². The summed E-state index contributed by atoms with van der Waals surface area (Å²) in [5.41, 5.74) is 2.85. The van der Waals surface area contributed by atoms with Crippen molar-refractivity contribution in [2.24, 2.45) is 7.05 Å². The molecular weight excluding hydrogens is 590 g/mol. The van der Waals surface area contributed by atoms with E-state index < -0.39 is 0 Å². The second-order valence-corrected chi connectivity index (χ2v) is 12.5. The molecule has 13 heteroatoms. The molecule has 5 aromatic rings. The minimum Gasteiger partial charge on any atom is -0.378 e. The molecule has 2 aliphatic heterocycles. The minimum atomic E-state index is -0.0705. The molecule has 6 heterocycles. The normalized spacial score (nSPS) is 16.4. The number of nitrogens with one attached hydrogen (secondary N) is 1. The van der Waals surface area contributed by atoms with Gasteiger partial charge in [-0.1, -0.05) is 12.1 Å². The number of H-pyrrole nitrogens is 1. The maximum Gasteiger partial charge on any atom is 0.223 e. The third kappa shape index (κ3) is 6.37. The van der Waals surface area contributed by atoms with Gasteiger partial charge in [-0.25, -0.2) is 15.0 Å². The van der Waals surface area contributed by atoms with Gasteiger partial charge in [0.25, 0.3) is 0 Å². The fourth-order valence-electron chi connectivity index (χ4n) is 5.87. The Balaban J connectivity index is 1.01. The Hall–Kier alpha value is -4.46. The second kappa shape index (κ2) is 12.9. The standard InChI is InChI=1S/C32H35N9O3S/c1-38-10-9-33-28(38)7-5-22(42)6-8-29(43)40-13-11-39(12-14-40)21-23-19-27-30(45-23)32(41-15-17-44-18-16-41)36-31(35-27)24-3-2-4-26-25(24)20-34-37-26/h2-5,7,9-10,19-20H,6,8,11-18,21H2,1H3,(H,34,37)/b7-5+. The first-order valence-electron chi connectivity index (χ1n) is 15.3. The molecule has 4 aromatic heterocycles. The van der Waals surface area contributed by atoms with Crippen LogP contribution in [0.1, 0.15) is 23.5 Å². The molecule has 0 aliphatic carbocycles. The summed E-state index contributed by atoms with van der Waals surface area (Å²) < 4.78 is 8.56. The molecule has 0 atom stereocenters. The third-order valence-electron chi connectivity index (χ3n) is 8.41. The first-order chi connectivity index (χ1) is 22.0. The number of aromatic nitrogens is 6. The van der Waals surface area contributed by atoms with Crippen molar-refractivity contribution in [3.63, 3.8) is 0 Å². The Labute approximate surface area is 264 Å². The molecule has 1 aromatic carbocycles. The number of amides is 1. The number of carbonyl (C=O) groups excluding carboxylic acids is 2. The molecule has 2 saturated heterocycles. The molecule has 1 amide bonds. The average Bonchev–Trinajstić information content (AvgIpc) is 3.82. The highest BCUT2D eigenvalue weighted by Gasteiger charge is 2.24. The zero-order valence-electron chi connectivity index (χ0n) is 25.2. The summed E-state index contributed by atoms with van der Waals surface area (Å²) in [6.45, 7) is 6.58. The van der Waals surface area contributed by atoms with Crippen molar-refractivity contribution in [3.05, 3.63) is 59.6 Å². The van der Waals surface area contributed by atoms with Crippen LogP contribution in [0.2, 0.25) is 0 Å². The Morgan fingerprint density at radius 2 is 1.91 bits per heavy atom. The highest BCUT2D eigenvalue weighted by molar-refractivity contribution is 7.19. The predicted octanol–water partition coefficient (Wildman–Crippen LogP) is 3.51. The third-order valence-corrected chi connectivity index (χ3v) is 9.51. The number of anilines is 1. The highest BCUT2D eigenvalue weighted by Crippen LogP contribution is 2.36. The molecule has 1 N–H and O–H groups in total. The van der Waals surface area contributed by atoms with Gasteiger partial charge >= 0.3 is 0 Å². The molecule has 0 bridgehead atoms. The van der Waals surface area contributed by atoms with E-state index in [4.69, 9.17) is 14.7 Å². The van der Waals surface area contributed by atoms with Gasteiger partial charge in [0.15, 0.2) is 17.4 Å². The lowest BCUT2D eigenvalue weighted by Crippen LogP contribution is -2.48. The minimum absolute atomic E-state index is 0.0286. The number of rotatable bonds is 9. The highest BCUT2D eigenvalue weighted by atomic mass is 32.1. The van der Waals surface area contributed by atoms with Gasteiger partial charge in [0.1, 0.15) is 5.82 Å². The largest absolute Gasteiger partial charge is 0.378 e. The van der Waals surface area contributed by atoms with Crippen molar-refractivity contribution in [3.8, 4) is 11.4 Å². The number of piperazine rings is 1. The van der Waals surface area contributed by atoms with Crippen molar-refractivity contribution in [2.45, 2.75) is 19.4 Å². The summed E-state index contributed by atoms with van der Waals surface area (Å²) in [5.74, 6) is 2.31. The van der Waals surface area contributed by atoms with Crippen LogP contribution in [0.3, 0.4) is 0 Å². The number of hydrogen-bond donors (Lipinski definition) is 1. The quantitative estimate of drug-likeness (QED) is 0.245. The zero-order chi connectivity index (χ0) is 30.8. The van der Waals surface area contributed by atoms with Gasteiger partial charge in [0, 0.05) is 93.9 Å². The van der Waals surface area contributed by atoms with Gasteiger partial charge in [0.05, 0.1) is 35.1 Å². The van der Waals surface area contributed by atoms with Crippen molar-refractivity contribution < 1.29 is 14.3 Å². The number of benzene rings is 1. The summed E-state index contributed by atoms with van der Waals surface area (Å²) in [6.07, 6.45) is 8.96. The smallest absolute Gasteiger partial charge is 0.223 e. The van der Waals surface area contributed by atoms with E-state index in [9.17, 15) is 9.59 Å². The zero-order valence-corrected chi connectivity index (χ0v) is 26.0. The Morgan fingerprint density at radius 1 is 1.07 bits per heavy atom. The number of imidazole rings is 1. The molecule has 0 spiro atoms. The van der Waals surface area contributed by atoms with Gasteiger partial charge in [-0.3, -0.25) is 19.6 Å². The summed E-state index contributed by atoms with van der Waals surface area (Å²) >= 11 is 1.75. The van der Waals surface area contributed by atoms with Crippen LogP contribution < -0.4 is 4.90 Å². The predicted molar refractivity (Wildman–Crippen MR) is 174 cm³/mol. The van der Waals surface area contributed by atoms with Crippen molar-refractivity contribution in [1.82, 2.24) is 39.5 Å². The van der Waals surface area contributed by atoms with Crippen LogP contribution in [-0.2, 0) is 27.9 Å². The van der Waals surface area contributed by atoms with E-state index in [0.717, 1.165) is 65.2 Å². The Bertz CT molecular complexity index is 1860. The molecule has 12 nitrogen and oxygen atoms in total. The number of morpholine rings is 1. The maximum absolute atomic E-state index is 12.9. The van der Waals surface area contributed by atoms with Crippen LogP contribution in [0, 0.1) is 0 Å². The van der Waals surface area contributed by atoms with Gasteiger partial charge in [-0.2, -0.15) is 5.10 Å². The molecule has 45 heavy (non-hydrogen) atoms. The monoisotopic (exact) mass is 625 g/mol. The van der Waals surface area contributed by atoms with E-state index in [2.05, 4.69) is 31.0 Å². The lowest BCUT2D eigenvalue weighted by molar-refractivity contribution is -0.134. The number of thiophene rings is 1. The number of allylic oxidation sites excluding steroid dienone is 1. The molecular formula is C32H35N9O3S. The van der Waals surface area contributed by atoms with E-state index in [1.165, 1.54) is 11.0 Å². The van der Waals surface area contributed by atoms with Crippen LogP contribution in [-0.4, -0.2) is 104 Å². The second-order valence-electron chi connectivity index (χ2n) is 11.4. The number of hydrogen-bond acceptors (Lipinski definition) is 10. The summed E-state index contributed by atoms with van der Waals surface area (Å²) in [4.78, 5) is 47.3. The number of nitrogens with zero attached hydrogens (tertiary/aromatic N) is 8.